The number of phenolic OH excluding ortho intramolecular Hbond substituents is 1. The highest BCUT2D eigenvalue weighted by Gasteiger charge is 2.24. The Kier molecular flexibility index (Phi) is 4.43. The van der Waals surface area contributed by atoms with E-state index in [2.05, 4.69) is 0 Å². The lowest BCUT2D eigenvalue weighted by Crippen LogP contribution is -2.29. The van der Waals surface area contributed by atoms with Gasteiger partial charge in [-0.3, -0.25) is 9.59 Å². The number of amides is 2. The molecule has 0 atom stereocenters. The summed E-state index contributed by atoms with van der Waals surface area (Å²) in [6.07, 6.45) is 5.22. The van der Waals surface area contributed by atoms with E-state index in [1.165, 1.54) is 54.6 Å². The molecule has 6 heteroatoms. The molecule has 2 amide bonds. The lowest BCUT2D eigenvalue weighted by Gasteiger charge is -2.13. The van der Waals surface area contributed by atoms with Crippen molar-refractivity contribution in [2.24, 2.45) is 0 Å². The molecule has 2 aromatic rings. The molecule has 0 radical (unpaired) electrons. The van der Waals surface area contributed by atoms with Crippen LogP contribution in [0, 0.1) is 0 Å². The third kappa shape index (κ3) is 3.81. The Balaban J connectivity index is 1.63. The van der Waals surface area contributed by atoms with E-state index in [-0.39, 0.29) is 11.5 Å². The number of hydrogen-bond donors (Lipinski definition) is 1. The van der Waals surface area contributed by atoms with Gasteiger partial charge in [0.05, 0.1) is 5.69 Å². The molecule has 0 unspecified atom stereocenters. The lowest BCUT2D eigenvalue weighted by molar-refractivity contribution is -0.129. The number of anilines is 1. The van der Waals surface area contributed by atoms with Crippen LogP contribution in [0.25, 0.3) is 6.08 Å². The molecule has 6 nitrogen and oxygen atoms in total. The molecular formula is C19H13NO5. The summed E-state index contributed by atoms with van der Waals surface area (Å²) in [4.78, 5) is 36.0. The second-order valence-electron chi connectivity index (χ2n) is 5.19. The van der Waals surface area contributed by atoms with Crippen molar-refractivity contribution in [3.05, 3.63) is 72.3 Å². The summed E-state index contributed by atoms with van der Waals surface area (Å²) in [5.41, 5.74) is 1.14. The maximum Gasteiger partial charge on any atom is 0.336 e. The van der Waals surface area contributed by atoms with Gasteiger partial charge in [-0.2, -0.15) is 0 Å². The van der Waals surface area contributed by atoms with Gasteiger partial charge in [-0.15, -0.1) is 0 Å². The zero-order chi connectivity index (χ0) is 17.8. The van der Waals surface area contributed by atoms with Gasteiger partial charge in [0, 0.05) is 18.2 Å². The van der Waals surface area contributed by atoms with Crippen molar-refractivity contribution >= 4 is 29.5 Å². The van der Waals surface area contributed by atoms with Crippen LogP contribution in [0.3, 0.4) is 0 Å². The summed E-state index contributed by atoms with van der Waals surface area (Å²) in [5.74, 6) is -0.963. The second-order valence-corrected chi connectivity index (χ2v) is 5.19. The number of rotatable bonds is 4. The molecular weight excluding hydrogens is 322 g/mol. The molecule has 0 aliphatic carbocycles. The monoisotopic (exact) mass is 335 g/mol. The average Bonchev–Trinajstić information content (AvgIpc) is 2.94. The summed E-state index contributed by atoms with van der Waals surface area (Å²) in [7, 11) is 0. The SMILES string of the molecule is O=C(/C=C/c1ccc(O)cc1)Oc1ccc(N2C(=O)C=CC2=O)cc1. The number of ether oxygens (including phenoxy) is 1. The van der Waals surface area contributed by atoms with E-state index < -0.39 is 17.8 Å². The van der Waals surface area contributed by atoms with E-state index in [0.717, 1.165) is 10.5 Å². The molecule has 0 saturated heterocycles. The van der Waals surface area contributed by atoms with E-state index in [9.17, 15) is 19.5 Å². The van der Waals surface area contributed by atoms with E-state index in [0.29, 0.717) is 5.69 Å². The Morgan fingerprint density at radius 1 is 0.920 bits per heavy atom. The maximum atomic E-state index is 11.8. The number of imide groups is 1. The van der Waals surface area contributed by atoms with Crippen LogP contribution in [0.1, 0.15) is 5.56 Å². The van der Waals surface area contributed by atoms with Crippen LogP contribution < -0.4 is 9.64 Å². The summed E-state index contributed by atoms with van der Waals surface area (Å²) < 4.78 is 5.15. The zero-order valence-electron chi connectivity index (χ0n) is 13.0. The largest absolute Gasteiger partial charge is 0.508 e. The van der Waals surface area contributed by atoms with Crippen LogP contribution in [0.15, 0.2) is 66.8 Å². The number of carbonyl (C=O) groups is 3. The number of esters is 1. The van der Waals surface area contributed by atoms with Gasteiger partial charge in [0.25, 0.3) is 11.8 Å². The molecule has 0 bridgehead atoms. The van der Waals surface area contributed by atoms with Crippen molar-refractivity contribution in [3.8, 4) is 11.5 Å². The Bertz CT molecular complexity index is 861. The quantitative estimate of drug-likeness (QED) is 0.401. The highest BCUT2D eigenvalue weighted by Crippen LogP contribution is 2.22. The predicted molar refractivity (Wildman–Crippen MR) is 90.9 cm³/mol. The fourth-order valence-electron chi connectivity index (χ4n) is 2.22. The molecule has 1 N–H and O–H groups in total. The van der Waals surface area contributed by atoms with Gasteiger partial charge >= 0.3 is 5.97 Å². The highest BCUT2D eigenvalue weighted by atomic mass is 16.5. The number of hydrogen-bond acceptors (Lipinski definition) is 5. The predicted octanol–water partition coefficient (Wildman–Crippen LogP) is 2.44. The van der Waals surface area contributed by atoms with Gasteiger partial charge < -0.3 is 9.84 Å². The first-order valence-corrected chi connectivity index (χ1v) is 7.38. The minimum atomic E-state index is -0.573. The minimum absolute atomic E-state index is 0.144. The van der Waals surface area contributed by atoms with Crippen LogP contribution in [-0.4, -0.2) is 22.9 Å². The van der Waals surface area contributed by atoms with Gasteiger partial charge in [-0.25, -0.2) is 9.69 Å². The number of benzene rings is 2. The molecule has 124 valence electrons. The standard InChI is InChI=1S/C19H13NO5/c21-15-6-1-13(2-7-15)3-12-19(24)25-16-8-4-14(5-9-16)20-17(22)10-11-18(20)23/h1-12,21H/b12-3+. The van der Waals surface area contributed by atoms with Crippen LogP contribution in [0.4, 0.5) is 5.69 Å². The fraction of sp³-hybridized carbons (Fsp3) is 0. The average molecular weight is 335 g/mol. The van der Waals surface area contributed by atoms with E-state index in [4.69, 9.17) is 4.74 Å². The molecule has 0 spiro atoms. The molecule has 2 aromatic carbocycles. The number of carbonyl (C=O) groups excluding carboxylic acids is 3. The maximum absolute atomic E-state index is 11.8. The van der Waals surface area contributed by atoms with Crippen molar-refractivity contribution in [1.82, 2.24) is 0 Å². The van der Waals surface area contributed by atoms with E-state index in [1.807, 2.05) is 0 Å². The summed E-state index contributed by atoms with van der Waals surface area (Å²) >= 11 is 0. The zero-order valence-corrected chi connectivity index (χ0v) is 13.0. The second kappa shape index (κ2) is 6.84. The third-order valence-electron chi connectivity index (χ3n) is 3.43. The van der Waals surface area contributed by atoms with Crippen molar-refractivity contribution < 1.29 is 24.2 Å². The Morgan fingerprint density at radius 2 is 1.52 bits per heavy atom. The van der Waals surface area contributed by atoms with Gasteiger partial charge in [0.1, 0.15) is 11.5 Å². The van der Waals surface area contributed by atoms with E-state index in [1.54, 1.807) is 18.2 Å². The molecule has 0 fully saturated rings. The van der Waals surface area contributed by atoms with Crippen LogP contribution in [0.2, 0.25) is 0 Å². The molecule has 3 rings (SSSR count). The van der Waals surface area contributed by atoms with Gasteiger partial charge in [0.2, 0.25) is 0 Å². The van der Waals surface area contributed by atoms with Crippen LogP contribution >= 0.6 is 0 Å². The topological polar surface area (TPSA) is 83.9 Å². The normalized spacial score (nSPS) is 13.7. The molecule has 0 saturated carbocycles. The first-order valence-electron chi connectivity index (χ1n) is 7.38. The lowest BCUT2D eigenvalue weighted by atomic mass is 10.2. The van der Waals surface area contributed by atoms with Crippen molar-refractivity contribution in [1.29, 1.82) is 0 Å². The number of phenols is 1. The van der Waals surface area contributed by atoms with Gasteiger partial charge in [-0.05, 0) is 48.0 Å². The number of nitrogens with zero attached hydrogens (tertiary/aromatic N) is 1. The summed E-state index contributed by atoms with van der Waals surface area (Å²) in [6.45, 7) is 0. The molecule has 0 aromatic heterocycles. The summed E-state index contributed by atoms with van der Waals surface area (Å²) in [5, 5.41) is 9.20. The van der Waals surface area contributed by atoms with Crippen LogP contribution in [-0.2, 0) is 14.4 Å². The smallest absolute Gasteiger partial charge is 0.336 e. The Labute approximate surface area is 143 Å². The number of aromatic hydroxyl groups is 1. The third-order valence-corrected chi connectivity index (χ3v) is 3.43. The molecule has 1 aliphatic rings. The fourth-order valence-corrected chi connectivity index (χ4v) is 2.22. The van der Waals surface area contributed by atoms with Gasteiger partial charge in [-0.1, -0.05) is 12.1 Å². The van der Waals surface area contributed by atoms with Crippen molar-refractivity contribution in [2.75, 3.05) is 4.90 Å². The Hall–Kier alpha value is -3.67. The first-order chi connectivity index (χ1) is 12.0. The van der Waals surface area contributed by atoms with Crippen molar-refractivity contribution in [3.63, 3.8) is 0 Å². The molecule has 25 heavy (non-hydrogen) atoms. The first kappa shape index (κ1) is 16.2. The Morgan fingerprint density at radius 3 is 2.12 bits per heavy atom. The molecule has 1 aliphatic heterocycles. The van der Waals surface area contributed by atoms with Gasteiger partial charge in [0.15, 0.2) is 0 Å². The molecule has 1 heterocycles. The minimum Gasteiger partial charge on any atom is -0.508 e. The highest BCUT2D eigenvalue weighted by molar-refractivity contribution is 6.28. The summed E-state index contributed by atoms with van der Waals surface area (Å²) in [6, 6.07) is 12.4. The van der Waals surface area contributed by atoms with Crippen LogP contribution in [0.5, 0.6) is 11.5 Å². The van der Waals surface area contributed by atoms with E-state index >= 15 is 0 Å². The van der Waals surface area contributed by atoms with Crippen molar-refractivity contribution in [2.45, 2.75) is 0 Å².